The fourth-order valence-corrected chi connectivity index (χ4v) is 7.93. The highest BCUT2D eigenvalue weighted by Crippen LogP contribution is 2.68. The Morgan fingerprint density at radius 2 is 1.65 bits per heavy atom. The summed E-state index contributed by atoms with van der Waals surface area (Å²) in [5.74, 6) is 3.14. The average molecular weight is 321 g/mol. The zero-order chi connectivity index (χ0) is 16.5. The molecule has 4 rings (SSSR count). The Kier molecular flexibility index (Phi) is 3.71. The van der Waals surface area contributed by atoms with Crippen LogP contribution in [0.25, 0.3) is 0 Å². The molecule has 4 saturated carbocycles. The Hall–Kier alpha value is -0.0800. The van der Waals surface area contributed by atoms with Gasteiger partial charge in [-0.05, 0) is 98.7 Å². The summed E-state index contributed by atoms with van der Waals surface area (Å²) in [4.78, 5) is 0. The minimum Gasteiger partial charge on any atom is -0.393 e. The van der Waals surface area contributed by atoms with Gasteiger partial charge in [0.25, 0.3) is 0 Å². The number of fused-ring (bicyclic) bond motifs is 5. The fraction of sp³-hybridized carbons (Fsp3) is 1.00. The molecule has 132 valence electrons. The molecular formula is C21H36O2. The quantitative estimate of drug-likeness (QED) is 0.745. The zero-order valence-electron chi connectivity index (χ0n) is 15.4. The summed E-state index contributed by atoms with van der Waals surface area (Å²) in [6, 6.07) is 0. The molecule has 0 saturated heterocycles. The lowest BCUT2D eigenvalue weighted by atomic mass is 9.44. The van der Waals surface area contributed by atoms with Crippen molar-refractivity contribution >= 4 is 0 Å². The van der Waals surface area contributed by atoms with Gasteiger partial charge in [-0.25, -0.2) is 0 Å². The summed E-state index contributed by atoms with van der Waals surface area (Å²) in [6.45, 7) is 7.13. The van der Waals surface area contributed by atoms with Gasteiger partial charge in [-0.3, -0.25) is 0 Å². The third-order valence-electron chi connectivity index (χ3n) is 9.54. The molecule has 0 aliphatic heterocycles. The van der Waals surface area contributed by atoms with Gasteiger partial charge >= 0.3 is 0 Å². The van der Waals surface area contributed by atoms with E-state index < -0.39 is 5.60 Å². The molecule has 0 radical (unpaired) electrons. The topological polar surface area (TPSA) is 40.5 Å². The summed E-state index contributed by atoms with van der Waals surface area (Å²) in [5.41, 5.74) is 0.194. The summed E-state index contributed by atoms with van der Waals surface area (Å²) >= 11 is 0. The summed E-state index contributed by atoms with van der Waals surface area (Å²) in [7, 11) is 0. The summed E-state index contributed by atoms with van der Waals surface area (Å²) in [5, 5.41) is 21.4. The first-order valence-electron chi connectivity index (χ1n) is 10.2. The lowest BCUT2D eigenvalue weighted by Crippen LogP contribution is -2.56. The Bertz CT molecular complexity index is 476. The molecule has 8 atom stereocenters. The van der Waals surface area contributed by atoms with Crippen molar-refractivity contribution in [1.29, 1.82) is 0 Å². The Labute approximate surface area is 142 Å². The lowest BCUT2D eigenvalue weighted by molar-refractivity contribution is -0.159. The van der Waals surface area contributed by atoms with Crippen molar-refractivity contribution in [2.45, 2.75) is 96.7 Å². The monoisotopic (exact) mass is 320 g/mol. The van der Waals surface area contributed by atoms with E-state index in [2.05, 4.69) is 20.8 Å². The van der Waals surface area contributed by atoms with Crippen LogP contribution in [-0.2, 0) is 0 Å². The van der Waals surface area contributed by atoms with Crippen LogP contribution in [0.1, 0.15) is 85.0 Å². The fourth-order valence-electron chi connectivity index (χ4n) is 7.93. The molecule has 2 N–H and O–H groups in total. The van der Waals surface area contributed by atoms with E-state index in [1.54, 1.807) is 0 Å². The summed E-state index contributed by atoms with van der Waals surface area (Å²) in [6.07, 6.45) is 11.6. The van der Waals surface area contributed by atoms with Gasteiger partial charge < -0.3 is 10.2 Å². The van der Waals surface area contributed by atoms with Crippen LogP contribution in [0.5, 0.6) is 0 Å². The third kappa shape index (κ3) is 2.06. The van der Waals surface area contributed by atoms with Crippen molar-refractivity contribution in [3.05, 3.63) is 0 Å². The van der Waals surface area contributed by atoms with Gasteiger partial charge in [-0.15, -0.1) is 0 Å². The second-order valence-electron chi connectivity index (χ2n) is 9.97. The van der Waals surface area contributed by atoms with E-state index in [0.717, 1.165) is 49.4 Å². The van der Waals surface area contributed by atoms with E-state index in [1.165, 1.54) is 38.5 Å². The first-order chi connectivity index (χ1) is 10.8. The molecule has 0 aromatic heterocycles. The van der Waals surface area contributed by atoms with Gasteiger partial charge in [-0.2, -0.15) is 0 Å². The molecule has 0 spiro atoms. The van der Waals surface area contributed by atoms with Crippen LogP contribution < -0.4 is 0 Å². The zero-order valence-corrected chi connectivity index (χ0v) is 15.4. The Balaban J connectivity index is 1.63. The van der Waals surface area contributed by atoms with Gasteiger partial charge in [0.2, 0.25) is 0 Å². The van der Waals surface area contributed by atoms with Crippen molar-refractivity contribution in [3.63, 3.8) is 0 Å². The van der Waals surface area contributed by atoms with Gasteiger partial charge in [0.05, 0.1) is 11.7 Å². The maximum Gasteiger partial charge on any atom is 0.0701 e. The molecule has 1 unspecified atom stereocenters. The SMILES string of the molecule is CC[C@@]1(O)CC[C@H]2[C@@H]3CCC4C[C@H](O)CC[C@]4(C)[C@H]3CC[C@@]21C. The molecule has 0 heterocycles. The first-order valence-corrected chi connectivity index (χ1v) is 10.2. The Morgan fingerprint density at radius 1 is 0.913 bits per heavy atom. The number of aliphatic hydroxyl groups excluding tert-OH is 1. The van der Waals surface area contributed by atoms with Crippen LogP contribution in [-0.4, -0.2) is 21.9 Å². The molecule has 0 bridgehead atoms. The molecule has 23 heavy (non-hydrogen) atoms. The minimum atomic E-state index is -0.414. The van der Waals surface area contributed by atoms with Gasteiger partial charge in [-0.1, -0.05) is 20.8 Å². The van der Waals surface area contributed by atoms with Gasteiger partial charge in [0.1, 0.15) is 0 Å². The van der Waals surface area contributed by atoms with Crippen LogP contribution >= 0.6 is 0 Å². The van der Waals surface area contributed by atoms with Crippen molar-refractivity contribution in [1.82, 2.24) is 0 Å². The first kappa shape index (κ1) is 16.4. The van der Waals surface area contributed by atoms with Crippen LogP contribution in [0.4, 0.5) is 0 Å². The van der Waals surface area contributed by atoms with Crippen molar-refractivity contribution in [2.24, 2.45) is 34.5 Å². The second kappa shape index (κ2) is 5.21. The van der Waals surface area contributed by atoms with E-state index in [1.807, 2.05) is 0 Å². The minimum absolute atomic E-state index is 0.0462. The largest absolute Gasteiger partial charge is 0.393 e. The average Bonchev–Trinajstić information content (AvgIpc) is 2.80. The summed E-state index contributed by atoms with van der Waals surface area (Å²) < 4.78 is 0. The van der Waals surface area contributed by atoms with Crippen molar-refractivity contribution < 1.29 is 10.2 Å². The van der Waals surface area contributed by atoms with Crippen LogP contribution in [0.15, 0.2) is 0 Å². The number of aliphatic hydroxyl groups is 2. The number of hydrogen-bond donors (Lipinski definition) is 2. The molecule has 2 heteroatoms. The van der Waals surface area contributed by atoms with E-state index in [0.29, 0.717) is 5.41 Å². The third-order valence-corrected chi connectivity index (χ3v) is 9.54. The molecule has 4 aliphatic carbocycles. The van der Waals surface area contributed by atoms with E-state index in [4.69, 9.17) is 0 Å². The highest BCUT2D eigenvalue weighted by Gasteiger charge is 2.63. The van der Waals surface area contributed by atoms with E-state index in [9.17, 15) is 10.2 Å². The van der Waals surface area contributed by atoms with Crippen LogP contribution in [0.2, 0.25) is 0 Å². The normalized spacial score (nSPS) is 59.1. The lowest BCUT2D eigenvalue weighted by Gasteiger charge is -2.61. The molecule has 2 nitrogen and oxygen atoms in total. The molecule has 0 aromatic rings. The predicted octanol–water partition coefficient (Wildman–Crippen LogP) is 4.53. The molecule has 4 fully saturated rings. The Morgan fingerprint density at radius 3 is 2.39 bits per heavy atom. The highest BCUT2D eigenvalue weighted by atomic mass is 16.3. The van der Waals surface area contributed by atoms with Gasteiger partial charge in [0, 0.05) is 0 Å². The van der Waals surface area contributed by atoms with E-state index in [-0.39, 0.29) is 11.5 Å². The molecule has 0 amide bonds. The van der Waals surface area contributed by atoms with Crippen molar-refractivity contribution in [3.8, 4) is 0 Å². The number of rotatable bonds is 1. The molecular weight excluding hydrogens is 284 g/mol. The predicted molar refractivity (Wildman–Crippen MR) is 93.0 cm³/mol. The second-order valence-corrected chi connectivity index (χ2v) is 9.97. The van der Waals surface area contributed by atoms with Crippen LogP contribution in [0.3, 0.4) is 0 Å². The molecule has 4 aliphatic rings. The smallest absolute Gasteiger partial charge is 0.0701 e. The molecule has 0 aromatic carbocycles. The van der Waals surface area contributed by atoms with E-state index >= 15 is 0 Å². The van der Waals surface area contributed by atoms with Crippen molar-refractivity contribution in [2.75, 3.05) is 0 Å². The maximum atomic E-state index is 11.2. The highest BCUT2D eigenvalue weighted by molar-refractivity contribution is 5.13. The van der Waals surface area contributed by atoms with Gasteiger partial charge in [0.15, 0.2) is 0 Å². The van der Waals surface area contributed by atoms with Crippen LogP contribution in [0, 0.1) is 34.5 Å². The number of hydrogen-bond acceptors (Lipinski definition) is 2. The maximum absolute atomic E-state index is 11.2. The standard InChI is InChI=1S/C21H36O2/c1-4-21(23)12-9-18-16-6-5-14-13-15(22)7-10-19(14,2)17(16)8-11-20(18,21)3/h14-18,22-23H,4-13H2,1-3H3/t14?,15-,16-,17+,18+,19+,20+,21-/m1/s1.